The zero-order valence-electron chi connectivity index (χ0n) is 10.1. The smallest absolute Gasteiger partial charge is 0.101 e. The van der Waals surface area contributed by atoms with Gasteiger partial charge in [0.05, 0.1) is 17.7 Å². The summed E-state index contributed by atoms with van der Waals surface area (Å²) >= 11 is 0. The van der Waals surface area contributed by atoms with Crippen molar-refractivity contribution in [3.63, 3.8) is 0 Å². The van der Waals surface area contributed by atoms with Crippen LogP contribution in [0.2, 0.25) is 0 Å². The van der Waals surface area contributed by atoms with E-state index in [9.17, 15) is 5.11 Å². The fraction of sp³-hybridized carbons (Fsp3) is 0.462. The molecule has 1 saturated heterocycles. The third-order valence-corrected chi connectivity index (χ3v) is 3.34. The molecule has 0 unspecified atom stereocenters. The Labute approximate surface area is 106 Å². The Morgan fingerprint density at radius 2 is 2.17 bits per heavy atom. The van der Waals surface area contributed by atoms with Crippen molar-refractivity contribution in [3.05, 3.63) is 23.8 Å². The average Bonchev–Trinajstić information content (AvgIpc) is 2.42. The lowest BCUT2D eigenvalue weighted by molar-refractivity contribution is 0.0380. The molecule has 1 aromatic carbocycles. The minimum absolute atomic E-state index is 0.0443. The Morgan fingerprint density at radius 1 is 1.44 bits per heavy atom. The number of anilines is 2. The lowest BCUT2D eigenvalue weighted by atomic mass is 9.90. The number of rotatable bonds is 3. The Hall–Kier alpha value is -1.77. The zero-order valence-corrected chi connectivity index (χ0v) is 10.1. The Morgan fingerprint density at radius 3 is 2.78 bits per heavy atom. The molecule has 0 bridgehead atoms. The van der Waals surface area contributed by atoms with Crippen molar-refractivity contribution in [1.82, 2.24) is 0 Å². The van der Waals surface area contributed by atoms with E-state index in [0.717, 1.165) is 18.5 Å². The van der Waals surface area contributed by atoms with Crippen LogP contribution in [0, 0.1) is 11.3 Å². The Bertz CT molecular complexity index is 462. The highest BCUT2D eigenvalue weighted by atomic mass is 16.5. The highest BCUT2D eigenvalue weighted by molar-refractivity contribution is 5.62. The number of benzene rings is 1. The summed E-state index contributed by atoms with van der Waals surface area (Å²) in [5, 5.41) is 21.8. The molecule has 1 aliphatic heterocycles. The van der Waals surface area contributed by atoms with Crippen LogP contribution in [0.4, 0.5) is 11.4 Å². The number of nitriles is 1. The molecular formula is C13H17N3O2. The molecule has 0 spiro atoms. The summed E-state index contributed by atoms with van der Waals surface area (Å²) in [7, 11) is 0. The van der Waals surface area contributed by atoms with Gasteiger partial charge in [0.1, 0.15) is 6.07 Å². The van der Waals surface area contributed by atoms with E-state index in [4.69, 9.17) is 15.7 Å². The van der Waals surface area contributed by atoms with E-state index in [-0.39, 0.29) is 12.1 Å². The minimum Gasteiger partial charge on any atom is -0.398 e. The highest BCUT2D eigenvalue weighted by Crippen LogP contribution is 2.27. The second kappa shape index (κ2) is 5.25. The maximum atomic E-state index is 9.58. The average molecular weight is 247 g/mol. The van der Waals surface area contributed by atoms with E-state index in [1.807, 2.05) is 6.07 Å². The van der Waals surface area contributed by atoms with Gasteiger partial charge < -0.3 is 20.9 Å². The van der Waals surface area contributed by atoms with Gasteiger partial charge in [0.15, 0.2) is 0 Å². The molecule has 5 heteroatoms. The normalized spacial score (nSPS) is 18.0. The SMILES string of the molecule is N#Cc1cc(NC2(CO)CCOCC2)ccc1N. The molecule has 0 amide bonds. The van der Waals surface area contributed by atoms with Crippen molar-refractivity contribution in [2.45, 2.75) is 18.4 Å². The largest absolute Gasteiger partial charge is 0.398 e. The van der Waals surface area contributed by atoms with E-state index >= 15 is 0 Å². The van der Waals surface area contributed by atoms with Crippen LogP contribution in [-0.4, -0.2) is 30.5 Å². The van der Waals surface area contributed by atoms with Gasteiger partial charge >= 0.3 is 0 Å². The molecule has 1 aliphatic rings. The first-order valence-corrected chi connectivity index (χ1v) is 5.95. The minimum atomic E-state index is -0.360. The number of nitrogens with zero attached hydrogens (tertiary/aromatic N) is 1. The molecule has 18 heavy (non-hydrogen) atoms. The molecule has 1 heterocycles. The molecular weight excluding hydrogens is 230 g/mol. The topological polar surface area (TPSA) is 91.3 Å². The summed E-state index contributed by atoms with van der Waals surface area (Å²) in [6.07, 6.45) is 1.49. The van der Waals surface area contributed by atoms with Crippen LogP contribution in [0.1, 0.15) is 18.4 Å². The monoisotopic (exact) mass is 247 g/mol. The Balaban J connectivity index is 2.19. The van der Waals surface area contributed by atoms with Gasteiger partial charge in [0.25, 0.3) is 0 Å². The van der Waals surface area contributed by atoms with Gasteiger partial charge in [0.2, 0.25) is 0 Å². The number of aliphatic hydroxyl groups is 1. The summed E-state index contributed by atoms with van der Waals surface area (Å²) in [5.41, 5.74) is 7.03. The fourth-order valence-electron chi connectivity index (χ4n) is 2.12. The molecule has 1 aromatic rings. The molecule has 0 atom stereocenters. The summed E-state index contributed by atoms with van der Waals surface area (Å²) < 4.78 is 5.30. The number of nitrogens with one attached hydrogen (secondary N) is 1. The maximum absolute atomic E-state index is 9.58. The third kappa shape index (κ3) is 2.55. The van der Waals surface area contributed by atoms with Gasteiger partial charge in [-0.2, -0.15) is 5.26 Å². The lowest BCUT2D eigenvalue weighted by Gasteiger charge is -2.37. The number of nitrogen functional groups attached to an aromatic ring is 1. The number of hydrogen-bond acceptors (Lipinski definition) is 5. The fourth-order valence-corrected chi connectivity index (χ4v) is 2.12. The van der Waals surface area contributed by atoms with Gasteiger partial charge in [-0.15, -0.1) is 0 Å². The predicted octanol–water partition coefficient (Wildman–Crippen LogP) is 1.09. The van der Waals surface area contributed by atoms with Gasteiger partial charge in [-0.05, 0) is 31.0 Å². The van der Waals surface area contributed by atoms with Crippen LogP contribution in [0.15, 0.2) is 18.2 Å². The summed E-state index contributed by atoms with van der Waals surface area (Å²) in [6.45, 7) is 1.31. The first-order chi connectivity index (χ1) is 8.69. The highest BCUT2D eigenvalue weighted by Gasteiger charge is 2.31. The van der Waals surface area contributed by atoms with E-state index in [2.05, 4.69) is 11.4 Å². The number of hydrogen-bond donors (Lipinski definition) is 3. The second-order valence-electron chi connectivity index (χ2n) is 4.59. The molecule has 0 aliphatic carbocycles. The zero-order chi connectivity index (χ0) is 13.0. The lowest BCUT2D eigenvalue weighted by Crippen LogP contribution is -2.46. The van der Waals surface area contributed by atoms with Crippen LogP contribution in [0.25, 0.3) is 0 Å². The predicted molar refractivity (Wildman–Crippen MR) is 69.1 cm³/mol. The van der Waals surface area contributed by atoms with Gasteiger partial charge in [0, 0.05) is 24.6 Å². The van der Waals surface area contributed by atoms with Crippen molar-refractivity contribution in [2.24, 2.45) is 0 Å². The van der Waals surface area contributed by atoms with E-state index < -0.39 is 0 Å². The maximum Gasteiger partial charge on any atom is 0.101 e. The van der Waals surface area contributed by atoms with Crippen LogP contribution in [0.5, 0.6) is 0 Å². The van der Waals surface area contributed by atoms with E-state index in [1.165, 1.54) is 0 Å². The van der Waals surface area contributed by atoms with Gasteiger partial charge in [-0.1, -0.05) is 0 Å². The van der Waals surface area contributed by atoms with Gasteiger partial charge in [-0.3, -0.25) is 0 Å². The number of aliphatic hydroxyl groups excluding tert-OH is 1. The quantitative estimate of drug-likeness (QED) is 0.695. The van der Waals surface area contributed by atoms with Crippen LogP contribution in [0.3, 0.4) is 0 Å². The molecule has 0 saturated carbocycles. The Kier molecular flexibility index (Phi) is 3.70. The molecule has 5 nitrogen and oxygen atoms in total. The molecule has 96 valence electrons. The first kappa shape index (κ1) is 12.7. The molecule has 4 N–H and O–H groups in total. The van der Waals surface area contributed by atoms with Crippen molar-refractivity contribution in [2.75, 3.05) is 30.9 Å². The summed E-state index contributed by atoms with van der Waals surface area (Å²) in [6, 6.07) is 7.28. The van der Waals surface area contributed by atoms with Crippen LogP contribution >= 0.6 is 0 Å². The number of nitrogens with two attached hydrogens (primary N) is 1. The van der Waals surface area contributed by atoms with Crippen LogP contribution in [-0.2, 0) is 4.74 Å². The van der Waals surface area contributed by atoms with Crippen molar-refractivity contribution in [1.29, 1.82) is 5.26 Å². The van der Waals surface area contributed by atoms with Crippen molar-refractivity contribution < 1.29 is 9.84 Å². The number of ether oxygens (including phenoxy) is 1. The van der Waals surface area contributed by atoms with Crippen molar-refractivity contribution in [3.8, 4) is 6.07 Å². The molecule has 0 radical (unpaired) electrons. The molecule has 2 rings (SSSR count). The van der Waals surface area contributed by atoms with E-state index in [0.29, 0.717) is 24.5 Å². The third-order valence-electron chi connectivity index (χ3n) is 3.34. The molecule has 1 fully saturated rings. The summed E-state index contributed by atoms with van der Waals surface area (Å²) in [4.78, 5) is 0. The first-order valence-electron chi connectivity index (χ1n) is 5.95. The van der Waals surface area contributed by atoms with E-state index in [1.54, 1.807) is 12.1 Å². The standard InChI is InChI=1S/C13H17N3O2/c14-8-10-7-11(1-2-12(10)15)16-13(9-17)3-5-18-6-4-13/h1-2,7,16-17H,3-6,9,15H2. The second-order valence-corrected chi connectivity index (χ2v) is 4.59. The summed E-state index contributed by atoms with van der Waals surface area (Å²) in [5.74, 6) is 0. The molecule has 0 aromatic heterocycles. The van der Waals surface area contributed by atoms with Gasteiger partial charge in [-0.25, -0.2) is 0 Å². The van der Waals surface area contributed by atoms with Crippen LogP contribution < -0.4 is 11.1 Å². The van der Waals surface area contributed by atoms with Crippen molar-refractivity contribution >= 4 is 11.4 Å².